The van der Waals surface area contributed by atoms with E-state index in [2.05, 4.69) is 5.32 Å². The summed E-state index contributed by atoms with van der Waals surface area (Å²) >= 11 is 5.86. The zero-order chi connectivity index (χ0) is 15.2. The Morgan fingerprint density at radius 2 is 1.71 bits per heavy atom. The van der Waals surface area contributed by atoms with Gasteiger partial charge >= 0.3 is 0 Å². The first-order chi connectivity index (χ1) is 10.2. The molecule has 2 unspecified atom stereocenters. The number of methoxy groups -OCH3 is 1. The van der Waals surface area contributed by atoms with E-state index in [1.807, 2.05) is 30.3 Å². The van der Waals surface area contributed by atoms with Crippen LogP contribution in [0.5, 0.6) is 0 Å². The van der Waals surface area contributed by atoms with Gasteiger partial charge in [0.1, 0.15) is 12.1 Å². The number of ketones is 1. The van der Waals surface area contributed by atoms with Gasteiger partial charge < -0.3 is 10.1 Å². The molecule has 0 aliphatic heterocycles. The number of nitrogens with one attached hydrogen (secondary N) is 1. The minimum absolute atomic E-state index is 0.0233. The van der Waals surface area contributed by atoms with Crippen molar-refractivity contribution >= 4 is 17.4 Å². The van der Waals surface area contributed by atoms with Gasteiger partial charge in [-0.1, -0.05) is 41.9 Å². The summed E-state index contributed by atoms with van der Waals surface area (Å²) in [5.74, 6) is -0.0233. The standard InChI is InChI=1S/C17H18ClNO2/c1-19-15(16(20)12-8-10-14(18)11-9-12)17(21-2)13-6-4-3-5-7-13/h3-11,15,17,19H,1-2H3. The number of halogens is 1. The molecule has 0 aliphatic rings. The Balaban J connectivity index is 2.29. The van der Waals surface area contributed by atoms with Gasteiger partial charge in [-0.05, 0) is 36.9 Å². The van der Waals surface area contributed by atoms with Crippen LogP contribution < -0.4 is 5.32 Å². The molecule has 2 rings (SSSR count). The van der Waals surface area contributed by atoms with Crippen molar-refractivity contribution in [2.45, 2.75) is 12.1 Å². The number of rotatable bonds is 6. The highest BCUT2D eigenvalue weighted by atomic mass is 35.5. The number of hydrogen-bond acceptors (Lipinski definition) is 3. The molecule has 0 saturated heterocycles. The van der Waals surface area contributed by atoms with Crippen LogP contribution in [0.1, 0.15) is 22.0 Å². The molecule has 0 radical (unpaired) electrons. The Morgan fingerprint density at radius 1 is 1.10 bits per heavy atom. The van der Waals surface area contributed by atoms with Crippen LogP contribution in [0, 0.1) is 0 Å². The highest BCUT2D eigenvalue weighted by Crippen LogP contribution is 2.23. The van der Waals surface area contributed by atoms with Crippen molar-refractivity contribution in [2.24, 2.45) is 0 Å². The molecule has 0 heterocycles. The number of hydrogen-bond donors (Lipinski definition) is 1. The summed E-state index contributed by atoms with van der Waals surface area (Å²) in [4.78, 5) is 12.7. The molecule has 2 aromatic carbocycles. The number of likely N-dealkylation sites (N-methyl/N-ethyl adjacent to an activating group) is 1. The lowest BCUT2D eigenvalue weighted by Gasteiger charge is -2.25. The summed E-state index contributed by atoms with van der Waals surface area (Å²) in [6.45, 7) is 0. The molecule has 21 heavy (non-hydrogen) atoms. The average molecular weight is 304 g/mol. The van der Waals surface area contributed by atoms with Crippen molar-refractivity contribution in [1.82, 2.24) is 5.32 Å². The zero-order valence-corrected chi connectivity index (χ0v) is 12.8. The van der Waals surface area contributed by atoms with E-state index < -0.39 is 6.04 Å². The molecular formula is C17H18ClNO2. The Bertz CT molecular complexity index is 583. The second-order valence-corrected chi connectivity index (χ2v) is 5.14. The van der Waals surface area contributed by atoms with Gasteiger partial charge in [0.25, 0.3) is 0 Å². The van der Waals surface area contributed by atoms with E-state index in [-0.39, 0.29) is 11.9 Å². The molecular weight excluding hydrogens is 286 g/mol. The number of benzene rings is 2. The van der Waals surface area contributed by atoms with Crippen molar-refractivity contribution in [1.29, 1.82) is 0 Å². The summed E-state index contributed by atoms with van der Waals surface area (Å²) in [6.07, 6.45) is -0.348. The molecule has 0 aliphatic carbocycles. The largest absolute Gasteiger partial charge is 0.375 e. The van der Waals surface area contributed by atoms with Gasteiger partial charge in [0.05, 0.1) is 0 Å². The first-order valence-corrected chi connectivity index (χ1v) is 7.10. The Hall–Kier alpha value is -1.68. The van der Waals surface area contributed by atoms with E-state index in [1.165, 1.54) is 0 Å². The van der Waals surface area contributed by atoms with E-state index >= 15 is 0 Å². The lowest BCUT2D eigenvalue weighted by Crippen LogP contribution is -2.40. The van der Waals surface area contributed by atoms with Crippen LogP contribution >= 0.6 is 11.6 Å². The zero-order valence-electron chi connectivity index (χ0n) is 12.0. The third-order valence-electron chi connectivity index (χ3n) is 3.41. The molecule has 2 atom stereocenters. The number of carbonyl (C=O) groups is 1. The van der Waals surface area contributed by atoms with Crippen LogP contribution in [0.25, 0.3) is 0 Å². The summed E-state index contributed by atoms with van der Waals surface area (Å²) in [7, 11) is 3.37. The fourth-order valence-corrected chi connectivity index (χ4v) is 2.45. The SMILES string of the molecule is CNC(C(=O)c1ccc(Cl)cc1)C(OC)c1ccccc1. The van der Waals surface area contributed by atoms with Crippen LogP contribution in [-0.2, 0) is 4.74 Å². The molecule has 2 aromatic rings. The molecule has 4 heteroatoms. The maximum Gasteiger partial charge on any atom is 0.182 e. The fourth-order valence-electron chi connectivity index (χ4n) is 2.32. The normalized spacial score (nSPS) is 13.7. The van der Waals surface area contributed by atoms with Gasteiger partial charge in [-0.3, -0.25) is 4.79 Å². The molecule has 0 amide bonds. The smallest absolute Gasteiger partial charge is 0.182 e. The van der Waals surface area contributed by atoms with Crippen molar-refractivity contribution in [3.63, 3.8) is 0 Å². The number of ether oxygens (including phenoxy) is 1. The average Bonchev–Trinajstić information content (AvgIpc) is 2.53. The third kappa shape index (κ3) is 3.70. The molecule has 0 fully saturated rings. The van der Waals surface area contributed by atoms with E-state index in [0.717, 1.165) is 5.56 Å². The highest BCUT2D eigenvalue weighted by Gasteiger charge is 2.28. The van der Waals surface area contributed by atoms with Gasteiger partial charge in [-0.25, -0.2) is 0 Å². The lowest BCUT2D eigenvalue weighted by molar-refractivity contribution is 0.0565. The number of carbonyl (C=O) groups excluding carboxylic acids is 1. The summed E-state index contributed by atoms with van der Waals surface area (Å²) in [5.41, 5.74) is 1.57. The minimum atomic E-state index is -0.460. The highest BCUT2D eigenvalue weighted by molar-refractivity contribution is 6.30. The summed E-state index contributed by atoms with van der Waals surface area (Å²) in [5, 5.41) is 3.67. The van der Waals surface area contributed by atoms with Crippen LogP contribution in [0.2, 0.25) is 5.02 Å². The fraction of sp³-hybridized carbons (Fsp3) is 0.235. The molecule has 0 aromatic heterocycles. The molecule has 0 bridgehead atoms. The first kappa shape index (κ1) is 15.7. The maximum atomic E-state index is 12.7. The van der Waals surface area contributed by atoms with Crippen molar-refractivity contribution in [2.75, 3.05) is 14.2 Å². The third-order valence-corrected chi connectivity index (χ3v) is 3.66. The van der Waals surface area contributed by atoms with Crippen molar-refractivity contribution in [3.05, 3.63) is 70.7 Å². The monoisotopic (exact) mass is 303 g/mol. The van der Waals surface area contributed by atoms with Crippen LogP contribution in [-0.4, -0.2) is 26.0 Å². The number of Topliss-reactive ketones (excluding diaryl/α,β-unsaturated/α-hetero) is 1. The Kier molecular flexibility index (Phi) is 5.51. The summed E-state index contributed by atoms with van der Waals surface area (Å²) < 4.78 is 5.55. The van der Waals surface area contributed by atoms with Crippen molar-refractivity contribution < 1.29 is 9.53 Å². The van der Waals surface area contributed by atoms with Crippen LogP contribution in [0.3, 0.4) is 0 Å². The lowest BCUT2D eigenvalue weighted by atomic mass is 9.95. The second kappa shape index (κ2) is 7.36. The molecule has 0 spiro atoms. The predicted octanol–water partition coefficient (Wildman–Crippen LogP) is 3.50. The maximum absolute atomic E-state index is 12.7. The van der Waals surface area contributed by atoms with E-state index in [9.17, 15) is 4.79 Å². The molecule has 0 saturated carbocycles. The van der Waals surface area contributed by atoms with Gasteiger partial charge in [0, 0.05) is 17.7 Å². The van der Waals surface area contributed by atoms with Gasteiger partial charge in [-0.2, -0.15) is 0 Å². The van der Waals surface area contributed by atoms with Crippen LogP contribution in [0.4, 0.5) is 0 Å². The first-order valence-electron chi connectivity index (χ1n) is 6.72. The second-order valence-electron chi connectivity index (χ2n) is 4.70. The molecule has 3 nitrogen and oxygen atoms in total. The molecule has 1 N–H and O–H groups in total. The molecule has 110 valence electrons. The van der Waals surface area contributed by atoms with Crippen molar-refractivity contribution in [3.8, 4) is 0 Å². The van der Waals surface area contributed by atoms with E-state index in [1.54, 1.807) is 38.4 Å². The van der Waals surface area contributed by atoms with Gasteiger partial charge in [0.15, 0.2) is 5.78 Å². The van der Waals surface area contributed by atoms with Crippen LogP contribution in [0.15, 0.2) is 54.6 Å². The van der Waals surface area contributed by atoms with E-state index in [0.29, 0.717) is 10.6 Å². The quantitative estimate of drug-likeness (QED) is 0.830. The van der Waals surface area contributed by atoms with Gasteiger partial charge in [0.2, 0.25) is 0 Å². The topological polar surface area (TPSA) is 38.3 Å². The summed E-state index contributed by atoms with van der Waals surface area (Å²) in [6, 6.07) is 16.1. The Morgan fingerprint density at radius 3 is 2.24 bits per heavy atom. The van der Waals surface area contributed by atoms with Gasteiger partial charge in [-0.15, -0.1) is 0 Å². The minimum Gasteiger partial charge on any atom is -0.375 e. The predicted molar refractivity (Wildman–Crippen MR) is 84.8 cm³/mol. The van der Waals surface area contributed by atoms with E-state index in [4.69, 9.17) is 16.3 Å². The Labute approximate surface area is 129 Å².